The zero-order chi connectivity index (χ0) is 13.9. The summed E-state index contributed by atoms with van der Waals surface area (Å²) in [7, 11) is 0. The fraction of sp³-hybridized carbons (Fsp3) is 0.538. The highest BCUT2D eigenvalue weighted by atomic mass is 32.1. The molecule has 0 saturated heterocycles. The summed E-state index contributed by atoms with van der Waals surface area (Å²) in [6.07, 6.45) is 2.62. The maximum Gasteiger partial charge on any atom is 0.213 e. The summed E-state index contributed by atoms with van der Waals surface area (Å²) >= 11 is 5.18. The molecule has 0 aromatic carbocycles. The van der Waals surface area contributed by atoms with E-state index in [1.807, 2.05) is 26.0 Å². The number of nitrogens with one attached hydrogen (secondary N) is 2. The molecule has 0 radical (unpaired) electrons. The van der Waals surface area contributed by atoms with Gasteiger partial charge >= 0.3 is 0 Å². The summed E-state index contributed by atoms with van der Waals surface area (Å²) in [6, 6.07) is 3.69. The van der Waals surface area contributed by atoms with Gasteiger partial charge in [0.05, 0.1) is 18.5 Å². The van der Waals surface area contributed by atoms with Crippen molar-refractivity contribution in [3.8, 4) is 5.88 Å². The van der Waals surface area contributed by atoms with Crippen molar-refractivity contribution in [1.82, 2.24) is 10.3 Å². The Morgan fingerprint density at radius 1 is 1.32 bits per heavy atom. The summed E-state index contributed by atoms with van der Waals surface area (Å²) in [5.41, 5.74) is 0.839. The third-order valence-electron chi connectivity index (χ3n) is 2.24. The minimum absolute atomic E-state index is 0.586. The maximum absolute atomic E-state index is 5.27. The van der Waals surface area contributed by atoms with Crippen LogP contribution in [0, 0.1) is 0 Å². The molecule has 0 fully saturated rings. The van der Waals surface area contributed by atoms with E-state index >= 15 is 0 Å². The van der Waals surface area contributed by atoms with E-state index in [1.165, 1.54) is 0 Å². The molecule has 0 aliphatic carbocycles. The van der Waals surface area contributed by atoms with Crippen molar-refractivity contribution in [3.63, 3.8) is 0 Å². The first-order valence-electron chi connectivity index (χ1n) is 6.47. The number of ether oxygens (including phenoxy) is 2. The van der Waals surface area contributed by atoms with Crippen LogP contribution in [0.4, 0.5) is 5.69 Å². The molecule has 0 atom stereocenters. The van der Waals surface area contributed by atoms with Crippen LogP contribution in [0.2, 0.25) is 0 Å². The molecule has 6 heteroatoms. The zero-order valence-corrected chi connectivity index (χ0v) is 12.3. The fourth-order valence-electron chi connectivity index (χ4n) is 1.38. The van der Waals surface area contributed by atoms with Gasteiger partial charge in [-0.1, -0.05) is 0 Å². The van der Waals surface area contributed by atoms with Gasteiger partial charge in [-0.3, -0.25) is 0 Å². The molecule has 19 heavy (non-hydrogen) atoms. The summed E-state index contributed by atoms with van der Waals surface area (Å²) in [4.78, 5) is 4.15. The first-order valence-corrected chi connectivity index (χ1v) is 6.88. The molecule has 0 unspecified atom stereocenters. The van der Waals surface area contributed by atoms with E-state index in [2.05, 4.69) is 15.6 Å². The minimum Gasteiger partial charge on any atom is -0.478 e. The second-order valence-electron chi connectivity index (χ2n) is 3.75. The van der Waals surface area contributed by atoms with Crippen LogP contribution >= 0.6 is 12.2 Å². The molecule has 106 valence electrons. The molecule has 0 spiro atoms. The van der Waals surface area contributed by atoms with Crippen molar-refractivity contribution in [2.45, 2.75) is 20.3 Å². The van der Waals surface area contributed by atoms with Crippen LogP contribution in [0.5, 0.6) is 5.88 Å². The molecule has 1 rings (SSSR count). The summed E-state index contributed by atoms with van der Waals surface area (Å²) < 4.78 is 10.5. The van der Waals surface area contributed by atoms with Crippen LogP contribution in [0.25, 0.3) is 0 Å². The molecular formula is C13H21N3O2S. The first-order chi connectivity index (χ1) is 9.26. The van der Waals surface area contributed by atoms with Crippen molar-refractivity contribution in [2.24, 2.45) is 0 Å². The Kier molecular flexibility index (Phi) is 7.84. The molecule has 5 nitrogen and oxygen atoms in total. The smallest absolute Gasteiger partial charge is 0.213 e. The number of thiocarbonyl (C=S) groups is 1. The molecule has 0 bridgehead atoms. The van der Waals surface area contributed by atoms with Crippen LogP contribution in [-0.2, 0) is 4.74 Å². The lowest BCUT2D eigenvalue weighted by Crippen LogP contribution is -2.29. The average molecular weight is 283 g/mol. The topological polar surface area (TPSA) is 55.4 Å². The molecule has 1 aromatic rings. The Bertz CT molecular complexity index is 371. The van der Waals surface area contributed by atoms with Gasteiger partial charge in [0.2, 0.25) is 5.88 Å². The van der Waals surface area contributed by atoms with Gasteiger partial charge in [0.25, 0.3) is 0 Å². The van der Waals surface area contributed by atoms with Crippen molar-refractivity contribution < 1.29 is 9.47 Å². The largest absolute Gasteiger partial charge is 0.478 e. The van der Waals surface area contributed by atoms with Crippen LogP contribution in [0.15, 0.2) is 18.3 Å². The molecule has 1 heterocycles. The highest BCUT2D eigenvalue weighted by molar-refractivity contribution is 7.80. The first kappa shape index (κ1) is 15.7. The monoisotopic (exact) mass is 283 g/mol. The van der Waals surface area contributed by atoms with E-state index in [1.54, 1.807) is 6.20 Å². The molecular weight excluding hydrogens is 262 g/mol. The number of hydrogen-bond donors (Lipinski definition) is 2. The molecule has 0 aliphatic rings. The number of nitrogens with zero attached hydrogens (tertiary/aromatic N) is 1. The molecule has 1 aromatic heterocycles. The van der Waals surface area contributed by atoms with Crippen LogP contribution in [-0.4, -0.2) is 36.5 Å². The van der Waals surface area contributed by atoms with E-state index < -0.39 is 0 Å². The normalized spacial score (nSPS) is 10.0. The van der Waals surface area contributed by atoms with Gasteiger partial charge in [-0.2, -0.15) is 0 Å². The Hall–Kier alpha value is -1.40. The Morgan fingerprint density at radius 3 is 2.79 bits per heavy atom. The van der Waals surface area contributed by atoms with Gasteiger partial charge in [0.1, 0.15) is 0 Å². The van der Waals surface area contributed by atoms with E-state index in [4.69, 9.17) is 21.7 Å². The standard InChI is InChI=1S/C13H21N3O2S/c1-3-17-9-5-8-14-13(19)16-11-6-7-12(15-10-11)18-4-2/h6-7,10H,3-5,8-9H2,1-2H3,(H2,14,16,19). The van der Waals surface area contributed by atoms with Crippen LogP contribution in [0.3, 0.4) is 0 Å². The van der Waals surface area contributed by atoms with Crippen LogP contribution in [0.1, 0.15) is 20.3 Å². The van der Waals surface area contributed by atoms with E-state index in [0.717, 1.165) is 31.9 Å². The zero-order valence-electron chi connectivity index (χ0n) is 11.4. The number of aromatic nitrogens is 1. The van der Waals surface area contributed by atoms with Gasteiger partial charge in [0, 0.05) is 25.8 Å². The fourth-order valence-corrected chi connectivity index (χ4v) is 1.60. The predicted octanol–water partition coefficient (Wildman–Crippen LogP) is 2.19. The van der Waals surface area contributed by atoms with E-state index in [-0.39, 0.29) is 0 Å². The van der Waals surface area contributed by atoms with E-state index in [0.29, 0.717) is 17.6 Å². The third-order valence-corrected chi connectivity index (χ3v) is 2.49. The number of anilines is 1. The highest BCUT2D eigenvalue weighted by Crippen LogP contribution is 2.11. The Labute approximate surface area is 119 Å². The summed E-state index contributed by atoms with van der Waals surface area (Å²) in [5.74, 6) is 0.614. The van der Waals surface area contributed by atoms with Gasteiger partial charge in [-0.25, -0.2) is 4.98 Å². The lowest BCUT2D eigenvalue weighted by Gasteiger charge is -2.10. The average Bonchev–Trinajstić information content (AvgIpc) is 2.41. The third kappa shape index (κ3) is 6.93. The van der Waals surface area contributed by atoms with Crippen molar-refractivity contribution in [2.75, 3.05) is 31.7 Å². The lowest BCUT2D eigenvalue weighted by molar-refractivity contribution is 0.146. The molecule has 0 aliphatic heterocycles. The van der Waals surface area contributed by atoms with Gasteiger partial charge < -0.3 is 20.1 Å². The summed E-state index contributed by atoms with van der Waals surface area (Å²) in [6.45, 7) is 6.81. The number of pyridine rings is 1. The van der Waals surface area contributed by atoms with Crippen molar-refractivity contribution >= 4 is 23.0 Å². The van der Waals surface area contributed by atoms with Crippen molar-refractivity contribution in [3.05, 3.63) is 18.3 Å². The van der Waals surface area contributed by atoms with Gasteiger partial charge in [-0.05, 0) is 38.6 Å². The second-order valence-corrected chi connectivity index (χ2v) is 4.16. The molecule has 2 N–H and O–H groups in total. The van der Waals surface area contributed by atoms with Crippen LogP contribution < -0.4 is 15.4 Å². The Morgan fingerprint density at radius 2 is 2.16 bits per heavy atom. The van der Waals surface area contributed by atoms with Gasteiger partial charge in [0.15, 0.2) is 5.11 Å². The Balaban J connectivity index is 2.24. The quantitative estimate of drug-likeness (QED) is 0.563. The number of hydrogen-bond acceptors (Lipinski definition) is 4. The molecule has 0 amide bonds. The van der Waals surface area contributed by atoms with E-state index in [9.17, 15) is 0 Å². The predicted molar refractivity (Wildman–Crippen MR) is 80.7 cm³/mol. The maximum atomic E-state index is 5.27. The second kappa shape index (κ2) is 9.52. The minimum atomic E-state index is 0.586. The van der Waals surface area contributed by atoms with Gasteiger partial charge in [-0.15, -0.1) is 0 Å². The molecule has 0 saturated carbocycles. The SMILES string of the molecule is CCOCCCNC(=S)Nc1ccc(OCC)nc1. The number of rotatable bonds is 8. The summed E-state index contributed by atoms with van der Waals surface area (Å²) in [5, 5.41) is 6.76. The highest BCUT2D eigenvalue weighted by Gasteiger charge is 1.99. The van der Waals surface area contributed by atoms with Crippen molar-refractivity contribution in [1.29, 1.82) is 0 Å². The lowest BCUT2D eigenvalue weighted by atomic mass is 10.4.